The van der Waals surface area contributed by atoms with Gasteiger partial charge in [-0.05, 0) is 24.6 Å². The van der Waals surface area contributed by atoms with Crippen LogP contribution >= 0.6 is 0 Å². The third-order valence-electron chi connectivity index (χ3n) is 3.62. The lowest BCUT2D eigenvalue weighted by atomic mass is 9.88. The van der Waals surface area contributed by atoms with Crippen LogP contribution in [0.5, 0.6) is 5.75 Å². The molecule has 0 bridgehead atoms. The Hall–Kier alpha value is -3.03. The number of amides is 1. The second-order valence-corrected chi connectivity index (χ2v) is 5.27. The number of aromatic nitrogens is 2. The molecule has 1 heterocycles. The largest absolute Gasteiger partial charge is 0.484 e. The predicted octanol–water partition coefficient (Wildman–Crippen LogP) is 0.571. The minimum atomic E-state index is -0.572. The van der Waals surface area contributed by atoms with Crippen molar-refractivity contribution < 1.29 is 19.1 Å². The number of primary amides is 1. The zero-order valence-corrected chi connectivity index (χ0v) is 13.4. The topological polar surface area (TPSA) is 127 Å². The lowest BCUT2D eigenvalue weighted by molar-refractivity contribution is -0.140. The fourth-order valence-electron chi connectivity index (χ4n) is 2.46. The summed E-state index contributed by atoms with van der Waals surface area (Å²) in [5.74, 6) is -0.988. The number of nitrogens with one attached hydrogen (secondary N) is 2. The second-order valence-electron chi connectivity index (χ2n) is 5.27. The van der Waals surface area contributed by atoms with Gasteiger partial charge < -0.3 is 20.3 Å². The minimum absolute atomic E-state index is 0.0275. The Bertz CT molecular complexity index is 776. The maximum absolute atomic E-state index is 12.1. The molecular weight excluding hydrogens is 314 g/mol. The maximum atomic E-state index is 12.1. The fraction of sp³-hybridized carbons (Fsp3) is 0.312. The molecule has 2 aromatic rings. The molecule has 1 aromatic carbocycles. The lowest BCUT2D eigenvalue weighted by Crippen LogP contribution is -2.20. The molecule has 0 aliphatic carbocycles. The van der Waals surface area contributed by atoms with Gasteiger partial charge in [-0.1, -0.05) is 12.1 Å². The van der Waals surface area contributed by atoms with Crippen LogP contribution in [0, 0.1) is 6.92 Å². The van der Waals surface area contributed by atoms with E-state index in [1.807, 2.05) is 0 Å². The van der Waals surface area contributed by atoms with E-state index in [-0.39, 0.29) is 18.6 Å². The molecule has 0 saturated carbocycles. The molecule has 0 spiro atoms. The summed E-state index contributed by atoms with van der Waals surface area (Å²) in [5, 5.41) is 5.27. The lowest BCUT2D eigenvalue weighted by Gasteiger charge is -2.16. The molecule has 0 unspecified atom stereocenters. The van der Waals surface area contributed by atoms with Crippen LogP contribution in [0.2, 0.25) is 0 Å². The number of methoxy groups -OCH3 is 1. The molecule has 0 saturated heterocycles. The van der Waals surface area contributed by atoms with E-state index in [4.69, 9.17) is 15.2 Å². The van der Waals surface area contributed by atoms with Crippen molar-refractivity contribution in [3.63, 3.8) is 0 Å². The van der Waals surface area contributed by atoms with Crippen molar-refractivity contribution in [2.45, 2.75) is 19.3 Å². The van der Waals surface area contributed by atoms with Crippen molar-refractivity contribution >= 4 is 11.9 Å². The van der Waals surface area contributed by atoms with Crippen LogP contribution in [0.4, 0.5) is 0 Å². The van der Waals surface area contributed by atoms with Gasteiger partial charge in [-0.3, -0.25) is 19.5 Å². The first-order valence-electron chi connectivity index (χ1n) is 7.27. The number of hydrogen-bond acceptors (Lipinski definition) is 5. The Labute approximate surface area is 137 Å². The number of aromatic amines is 2. The van der Waals surface area contributed by atoms with Crippen molar-refractivity contribution in [3.8, 4) is 5.75 Å². The number of carbonyl (C=O) groups excluding carboxylic acids is 2. The van der Waals surface area contributed by atoms with Gasteiger partial charge in [0.2, 0.25) is 0 Å². The Morgan fingerprint density at radius 2 is 1.88 bits per heavy atom. The Kier molecular flexibility index (Phi) is 5.41. The van der Waals surface area contributed by atoms with Crippen LogP contribution in [-0.2, 0) is 14.3 Å². The van der Waals surface area contributed by atoms with Gasteiger partial charge in [0.25, 0.3) is 11.5 Å². The number of benzene rings is 1. The van der Waals surface area contributed by atoms with Gasteiger partial charge in [0.15, 0.2) is 6.61 Å². The second kappa shape index (κ2) is 7.49. The van der Waals surface area contributed by atoms with Crippen molar-refractivity contribution in [1.29, 1.82) is 0 Å². The highest BCUT2D eigenvalue weighted by Crippen LogP contribution is 2.29. The highest BCUT2D eigenvalue weighted by Gasteiger charge is 2.24. The van der Waals surface area contributed by atoms with Crippen LogP contribution in [0.1, 0.15) is 29.2 Å². The number of hydrogen-bond donors (Lipinski definition) is 3. The van der Waals surface area contributed by atoms with E-state index in [1.165, 1.54) is 7.11 Å². The average Bonchev–Trinajstić information content (AvgIpc) is 2.90. The van der Waals surface area contributed by atoms with E-state index >= 15 is 0 Å². The Morgan fingerprint density at radius 1 is 1.21 bits per heavy atom. The number of esters is 1. The normalized spacial score (nSPS) is 11.8. The number of carbonyl (C=O) groups is 2. The standard InChI is InChI=1S/C16H19N3O5/c1-9-15(16(22)19-18-9)12(7-14(21)23-2)10-3-5-11(6-4-10)24-8-13(17)20/h3-6,12H,7-8H2,1-2H3,(H2,17,20)(H2,18,19,22)/t12-/m0/s1. The summed E-state index contributed by atoms with van der Waals surface area (Å²) in [5.41, 5.74) is 6.63. The van der Waals surface area contributed by atoms with Crippen LogP contribution in [0.3, 0.4) is 0 Å². The number of H-pyrrole nitrogens is 2. The first kappa shape index (κ1) is 17.3. The smallest absolute Gasteiger partial charge is 0.306 e. The number of rotatable bonds is 7. The van der Waals surface area contributed by atoms with Crippen molar-refractivity contribution in [1.82, 2.24) is 10.2 Å². The van der Waals surface area contributed by atoms with Crippen LogP contribution in [0.15, 0.2) is 29.1 Å². The summed E-state index contributed by atoms with van der Waals surface area (Å²) >= 11 is 0. The van der Waals surface area contributed by atoms with E-state index in [1.54, 1.807) is 31.2 Å². The maximum Gasteiger partial charge on any atom is 0.306 e. The van der Waals surface area contributed by atoms with Gasteiger partial charge in [-0.25, -0.2) is 0 Å². The van der Waals surface area contributed by atoms with Crippen LogP contribution < -0.4 is 16.0 Å². The third-order valence-corrected chi connectivity index (χ3v) is 3.62. The molecule has 0 aliphatic rings. The monoisotopic (exact) mass is 333 g/mol. The number of nitrogens with two attached hydrogens (primary N) is 1. The SMILES string of the molecule is COC(=O)C[C@@H](c1ccc(OCC(N)=O)cc1)c1c(C)[nH][nH]c1=O. The third kappa shape index (κ3) is 4.03. The average molecular weight is 333 g/mol. The first-order valence-corrected chi connectivity index (χ1v) is 7.27. The summed E-state index contributed by atoms with van der Waals surface area (Å²) in [6.45, 7) is 1.53. The van der Waals surface area contributed by atoms with E-state index < -0.39 is 17.8 Å². The van der Waals surface area contributed by atoms with Gasteiger partial charge in [-0.15, -0.1) is 0 Å². The summed E-state index contributed by atoms with van der Waals surface area (Å²) in [7, 11) is 1.30. The molecule has 1 amide bonds. The van der Waals surface area contributed by atoms with Gasteiger partial charge in [0.05, 0.1) is 13.5 Å². The molecule has 24 heavy (non-hydrogen) atoms. The molecule has 1 aromatic heterocycles. The zero-order valence-electron chi connectivity index (χ0n) is 13.4. The van der Waals surface area contributed by atoms with E-state index in [2.05, 4.69) is 10.2 Å². The van der Waals surface area contributed by atoms with Crippen LogP contribution in [0.25, 0.3) is 0 Å². The number of aryl methyl sites for hydroxylation is 1. The molecule has 0 radical (unpaired) electrons. The van der Waals surface area contributed by atoms with Crippen molar-refractivity contribution in [3.05, 3.63) is 51.4 Å². The Morgan fingerprint density at radius 3 is 2.38 bits per heavy atom. The fourth-order valence-corrected chi connectivity index (χ4v) is 2.46. The van der Waals surface area contributed by atoms with E-state index in [9.17, 15) is 14.4 Å². The molecular formula is C16H19N3O5. The number of ether oxygens (including phenoxy) is 2. The molecule has 8 nitrogen and oxygen atoms in total. The molecule has 8 heteroatoms. The highest BCUT2D eigenvalue weighted by atomic mass is 16.5. The predicted molar refractivity (Wildman–Crippen MR) is 85.8 cm³/mol. The highest BCUT2D eigenvalue weighted by molar-refractivity contribution is 5.75. The molecule has 1 atom stereocenters. The molecule has 0 aliphatic heterocycles. The summed E-state index contributed by atoms with van der Waals surface area (Å²) in [6.07, 6.45) is 0.0275. The van der Waals surface area contributed by atoms with Gasteiger partial charge in [0, 0.05) is 17.2 Å². The van der Waals surface area contributed by atoms with E-state index in [0.29, 0.717) is 17.0 Å². The summed E-state index contributed by atoms with van der Waals surface area (Å²) in [4.78, 5) is 34.5. The molecule has 0 fully saturated rings. The first-order chi connectivity index (χ1) is 11.4. The molecule has 128 valence electrons. The molecule has 4 N–H and O–H groups in total. The molecule has 2 rings (SSSR count). The van der Waals surface area contributed by atoms with E-state index in [0.717, 1.165) is 5.56 Å². The van der Waals surface area contributed by atoms with Gasteiger partial charge in [0.1, 0.15) is 5.75 Å². The Balaban J connectivity index is 2.32. The summed E-state index contributed by atoms with van der Waals surface area (Å²) < 4.78 is 9.93. The van der Waals surface area contributed by atoms with Crippen molar-refractivity contribution in [2.75, 3.05) is 13.7 Å². The van der Waals surface area contributed by atoms with Crippen LogP contribution in [-0.4, -0.2) is 35.8 Å². The minimum Gasteiger partial charge on any atom is -0.484 e. The van der Waals surface area contributed by atoms with Gasteiger partial charge in [-0.2, -0.15) is 0 Å². The quantitative estimate of drug-likeness (QED) is 0.638. The van der Waals surface area contributed by atoms with Crippen molar-refractivity contribution in [2.24, 2.45) is 5.73 Å². The zero-order chi connectivity index (χ0) is 17.7. The summed E-state index contributed by atoms with van der Waals surface area (Å²) in [6, 6.07) is 6.77. The van der Waals surface area contributed by atoms with Gasteiger partial charge >= 0.3 is 5.97 Å².